The predicted molar refractivity (Wildman–Crippen MR) is 209 cm³/mol. The number of allylic oxidation sites excluding steroid dienone is 2. The molecular weight excluding hydrogens is 593 g/mol. The fourth-order valence-electron chi connectivity index (χ4n) is 9.05. The number of para-hydroxylation sites is 1. The van der Waals surface area contributed by atoms with Gasteiger partial charge in [0.05, 0.1) is 0 Å². The van der Waals surface area contributed by atoms with Crippen molar-refractivity contribution in [3.8, 4) is 22.3 Å². The van der Waals surface area contributed by atoms with Gasteiger partial charge in [0.1, 0.15) is 0 Å². The van der Waals surface area contributed by atoms with Crippen molar-refractivity contribution in [2.75, 3.05) is 0 Å². The second-order valence-corrected chi connectivity index (χ2v) is 14.2. The third-order valence-electron chi connectivity index (χ3n) is 11.3. The molecular formula is C47H38N2. The van der Waals surface area contributed by atoms with Gasteiger partial charge in [0, 0.05) is 52.5 Å². The molecule has 2 aromatic heterocycles. The number of rotatable bonds is 3. The van der Waals surface area contributed by atoms with Crippen LogP contribution >= 0.6 is 0 Å². The lowest BCUT2D eigenvalue weighted by Gasteiger charge is -2.27. The Kier molecular flexibility index (Phi) is 6.21. The molecule has 0 radical (unpaired) electrons. The molecule has 0 bridgehead atoms. The zero-order valence-corrected chi connectivity index (χ0v) is 28.3. The van der Waals surface area contributed by atoms with E-state index in [1.165, 1.54) is 99.3 Å². The Balaban J connectivity index is 1.25. The SMILES string of the molecule is CC1C=C(c2ccc3c(c2)c2c(n3C)C=CCC2)c2cc3c(-c4ccc5c(c4)c4ccccc4n5C)cccc3c(-c3ccccc3)c2C1. The van der Waals surface area contributed by atoms with Crippen LogP contribution < -0.4 is 0 Å². The highest BCUT2D eigenvalue weighted by atomic mass is 14.9. The minimum Gasteiger partial charge on any atom is -0.344 e. The highest BCUT2D eigenvalue weighted by Crippen LogP contribution is 2.46. The molecule has 8 aromatic rings. The smallest absolute Gasteiger partial charge is 0.0489 e. The summed E-state index contributed by atoms with van der Waals surface area (Å²) >= 11 is 0. The van der Waals surface area contributed by atoms with E-state index in [1.54, 1.807) is 0 Å². The minimum atomic E-state index is 0.433. The van der Waals surface area contributed by atoms with Gasteiger partial charge in [-0.1, -0.05) is 97.9 Å². The monoisotopic (exact) mass is 630 g/mol. The lowest BCUT2D eigenvalue weighted by molar-refractivity contribution is 0.715. The van der Waals surface area contributed by atoms with E-state index in [2.05, 4.69) is 164 Å². The van der Waals surface area contributed by atoms with Crippen LogP contribution in [0.5, 0.6) is 0 Å². The summed E-state index contributed by atoms with van der Waals surface area (Å²) in [5.41, 5.74) is 17.4. The number of hydrogen-bond donors (Lipinski definition) is 0. The molecule has 2 heteroatoms. The lowest BCUT2D eigenvalue weighted by atomic mass is 9.76. The van der Waals surface area contributed by atoms with Gasteiger partial charge in [0.25, 0.3) is 0 Å². The first-order valence-corrected chi connectivity index (χ1v) is 17.7. The van der Waals surface area contributed by atoms with Crippen LogP contribution in [0.4, 0.5) is 0 Å². The van der Waals surface area contributed by atoms with Crippen molar-refractivity contribution in [1.82, 2.24) is 9.13 Å². The van der Waals surface area contributed by atoms with Gasteiger partial charge in [0.15, 0.2) is 0 Å². The van der Waals surface area contributed by atoms with Gasteiger partial charge >= 0.3 is 0 Å². The summed E-state index contributed by atoms with van der Waals surface area (Å²) in [5, 5.41) is 6.64. The summed E-state index contributed by atoms with van der Waals surface area (Å²) in [6.45, 7) is 2.38. The summed E-state index contributed by atoms with van der Waals surface area (Å²) in [6.07, 6.45) is 10.4. The van der Waals surface area contributed by atoms with E-state index in [0.29, 0.717) is 5.92 Å². The van der Waals surface area contributed by atoms with Crippen LogP contribution in [0.25, 0.3) is 77.4 Å². The van der Waals surface area contributed by atoms with Crippen LogP contribution in [-0.4, -0.2) is 9.13 Å². The van der Waals surface area contributed by atoms with Crippen molar-refractivity contribution in [2.24, 2.45) is 20.0 Å². The Morgan fingerprint density at radius 3 is 2.16 bits per heavy atom. The molecule has 1 atom stereocenters. The Morgan fingerprint density at radius 1 is 0.551 bits per heavy atom. The Hall–Kier alpha value is -5.60. The molecule has 10 rings (SSSR count). The van der Waals surface area contributed by atoms with Gasteiger partial charge in [-0.15, -0.1) is 0 Å². The maximum absolute atomic E-state index is 2.53. The van der Waals surface area contributed by atoms with Gasteiger partial charge in [-0.2, -0.15) is 0 Å². The van der Waals surface area contributed by atoms with Crippen molar-refractivity contribution in [3.05, 3.63) is 155 Å². The van der Waals surface area contributed by atoms with Crippen molar-refractivity contribution in [1.29, 1.82) is 0 Å². The molecule has 0 N–H and O–H groups in total. The Morgan fingerprint density at radius 2 is 1.29 bits per heavy atom. The van der Waals surface area contributed by atoms with Crippen LogP contribution in [0.15, 0.2) is 127 Å². The molecule has 0 fully saturated rings. The summed E-state index contributed by atoms with van der Waals surface area (Å²) in [6, 6.07) is 43.5. The number of fused-ring (bicyclic) bond motifs is 8. The molecule has 0 saturated carbocycles. The van der Waals surface area contributed by atoms with Crippen molar-refractivity contribution in [2.45, 2.75) is 26.2 Å². The summed E-state index contributed by atoms with van der Waals surface area (Å²) < 4.78 is 4.69. The van der Waals surface area contributed by atoms with Crippen molar-refractivity contribution < 1.29 is 0 Å². The number of hydrogen-bond acceptors (Lipinski definition) is 0. The molecule has 6 aromatic carbocycles. The van der Waals surface area contributed by atoms with Crippen LogP contribution in [-0.2, 0) is 26.9 Å². The van der Waals surface area contributed by atoms with Gasteiger partial charge in [0.2, 0.25) is 0 Å². The number of aromatic nitrogens is 2. The van der Waals surface area contributed by atoms with Crippen molar-refractivity contribution in [3.63, 3.8) is 0 Å². The van der Waals surface area contributed by atoms with Gasteiger partial charge in [-0.3, -0.25) is 0 Å². The molecule has 2 aliphatic rings. The van der Waals surface area contributed by atoms with E-state index in [4.69, 9.17) is 0 Å². The molecule has 0 amide bonds. The van der Waals surface area contributed by atoms with Crippen molar-refractivity contribution >= 4 is 55.1 Å². The van der Waals surface area contributed by atoms with Gasteiger partial charge in [-0.25, -0.2) is 0 Å². The topological polar surface area (TPSA) is 9.86 Å². The second kappa shape index (κ2) is 10.7. The Labute approximate surface area is 287 Å². The fraction of sp³-hybridized carbons (Fsp3) is 0.149. The van der Waals surface area contributed by atoms with E-state index in [9.17, 15) is 0 Å². The number of aryl methyl sites for hydroxylation is 3. The highest BCUT2D eigenvalue weighted by molar-refractivity contribution is 6.12. The van der Waals surface area contributed by atoms with Gasteiger partial charge in [-0.05, 0) is 129 Å². The third kappa shape index (κ3) is 4.20. The zero-order valence-electron chi connectivity index (χ0n) is 28.3. The molecule has 2 nitrogen and oxygen atoms in total. The molecule has 2 aliphatic carbocycles. The van der Waals surface area contributed by atoms with E-state index in [-0.39, 0.29) is 0 Å². The summed E-state index contributed by atoms with van der Waals surface area (Å²) in [7, 11) is 4.39. The van der Waals surface area contributed by atoms with Crippen LogP contribution in [0, 0.1) is 5.92 Å². The van der Waals surface area contributed by atoms with E-state index in [1.807, 2.05) is 0 Å². The fourth-order valence-corrected chi connectivity index (χ4v) is 9.05. The highest BCUT2D eigenvalue weighted by Gasteiger charge is 2.26. The molecule has 0 aliphatic heterocycles. The first-order valence-electron chi connectivity index (χ1n) is 17.7. The lowest BCUT2D eigenvalue weighted by Crippen LogP contribution is -2.10. The minimum absolute atomic E-state index is 0.433. The quantitative estimate of drug-likeness (QED) is 0.184. The van der Waals surface area contributed by atoms with Gasteiger partial charge < -0.3 is 9.13 Å². The average molecular weight is 631 g/mol. The third-order valence-corrected chi connectivity index (χ3v) is 11.3. The maximum Gasteiger partial charge on any atom is 0.0489 e. The molecule has 1 unspecified atom stereocenters. The van der Waals surface area contributed by atoms with Crippen LogP contribution in [0.3, 0.4) is 0 Å². The predicted octanol–water partition coefficient (Wildman–Crippen LogP) is 11.9. The zero-order chi connectivity index (χ0) is 32.8. The first-order chi connectivity index (χ1) is 24.0. The molecule has 2 heterocycles. The molecule has 0 spiro atoms. The molecule has 236 valence electrons. The molecule has 49 heavy (non-hydrogen) atoms. The van der Waals surface area contributed by atoms with E-state index >= 15 is 0 Å². The van der Waals surface area contributed by atoms with E-state index < -0.39 is 0 Å². The summed E-state index contributed by atoms with van der Waals surface area (Å²) in [4.78, 5) is 0. The standard InChI is InChI=1S/C47H38N2/c1-29-24-37(32-21-23-46-41(27-32)35-15-8-10-19-44(35)49(46)3)39-28-38-33(16-11-17-36(38)47(42(39)25-29)30-12-5-4-6-13-30)31-20-22-45-40(26-31)34-14-7-9-18-43(34)48(45)2/h4-7,9-14,16-24,26-29H,8,15,25H2,1-3H3. The second-order valence-electron chi connectivity index (χ2n) is 14.2. The largest absolute Gasteiger partial charge is 0.344 e. The molecule has 0 saturated heterocycles. The Bertz CT molecular complexity index is 2710. The normalized spacial score (nSPS) is 15.7. The first kappa shape index (κ1) is 28.4. The maximum atomic E-state index is 2.53. The average Bonchev–Trinajstić information content (AvgIpc) is 3.60. The van der Waals surface area contributed by atoms with E-state index in [0.717, 1.165) is 19.3 Å². The van der Waals surface area contributed by atoms with Crippen LogP contribution in [0.2, 0.25) is 0 Å². The number of nitrogens with zero attached hydrogens (tertiary/aromatic N) is 2. The summed E-state index contributed by atoms with van der Waals surface area (Å²) in [5.74, 6) is 0.433. The van der Waals surface area contributed by atoms with Crippen LogP contribution in [0.1, 0.15) is 41.3 Å². The number of benzene rings is 6.